The molecule has 0 heterocycles. The predicted molar refractivity (Wildman–Crippen MR) is 64.5 cm³/mol. The quantitative estimate of drug-likeness (QED) is 0.860. The number of hydrogen-bond donors (Lipinski definition) is 1. The molecule has 1 atom stereocenters. The second kappa shape index (κ2) is 5.86. The molecule has 1 N–H and O–H groups in total. The molecule has 16 heavy (non-hydrogen) atoms. The highest BCUT2D eigenvalue weighted by atomic mass is 79.9. The molecule has 0 fully saturated rings. The number of carbonyl (C=O) groups excluding carboxylic acids is 1. The van der Waals surface area contributed by atoms with Gasteiger partial charge in [-0.05, 0) is 25.2 Å². The Labute approximate surface area is 103 Å². The van der Waals surface area contributed by atoms with Gasteiger partial charge in [-0.15, -0.1) is 0 Å². The highest BCUT2D eigenvalue weighted by Gasteiger charge is 2.23. The molecule has 0 bridgehead atoms. The third-order valence-electron chi connectivity index (χ3n) is 2.23. The van der Waals surface area contributed by atoms with Gasteiger partial charge in [-0.25, -0.2) is 4.79 Å². The zero-order valence-corrected chi connectivity index (χ0v) is 11.0. The van der Waals surface area contributed by atoms with Crippen LogP contribution in [0.4, 0.5) is 0 Å². The predicted octanol–water partition coefficient (Wildman–Crippen LogP) is 1.89. The molecule has 0 aliphatic rings. The summed E-state index contributed by atoms with van der Waals surface area (Å²) in [5, 5.41) is 2.90. The lowest BCUT2D eigenvalue weighted by atomic mass is 10.1. The van der Waals surface area contributed by atoms with Gasteiger partial charge in [0.05, 0.1) is 14.2 Å². The summed E-state index contributed by atoms with van der Waals surface area (Å²) in [6.45, 7) is 0. The Bertz CT molecular complexity index is 381. The van der Waals surface area contributed by atoms with Crippen LogP contribution in [0.25, 0.3) is 0 Å². The van der Waals surface area contributed by atoms with Gasteiger partial charge in [0, 0.05) is 10.0 Å². The Kier molecular flexibility index (Phi) is 4.76. The fraction of sp³-hybridized carbons (Fsp3) is 0.364. The second-order valence-electron chi connectivity index (χ2n) is 3.13. The van der Waals surface area contributed by atoms with Crippen molar-refractivity contribution in [2.24, 2.45) is 0 Å². The lowest BCUT2D eigenvalue weighted by Crippen LogP contribution is -2.26. The molecule has 1 unspecified atom stereocenters. The molecule has 88 valence electrons. The van der Waals surface area contributed by atoms with Crippen LogP contribution in [0.5, 0.6) is 5.75 Å². The standard InChI is InChI=1S/C11H14BrNO3/c1-13-10(11(14)16-3)8-6-7(12)4-5-9(8)15-2/h4-6,10,13H,1-3H3. The molecule has 0 aliphatic heterocycles. The van der Waals surface area contributed by atoms with Crippen molar-refractivity contribution in [2.75, 3.05) is 21.3 Å². The molecule has 1 aromatic carbocycles. The van der Waals surface area contributed by atoms with Gasteiger partial charge in [0.2, 0.25) is 0 Å². The second-order valence-corrected chi connectivity index (χ2v) is 4.05. The van der Waals surface area contributed by atoms with E-state index in [9.17, 15) is 4.79 Å². The maximum atomic E-state index is 11.6. The number of halogens is 1. The minimum absolute atomic E-state index is 0.348. The van der Waals surface area contributed by atoms with Crippen molar-refractivity contribution in [3.8, 4) is 5.75 Å². The summed E-state index contributed by atoms with van der Waals surface area (Å²) < 4.78 is 10.8. The monoisotopic (exact) mass is 287 g/mol. The summed E-state index contributed by atoms with van der Waals surface area (Å²) in [6, 6.07) is 4.95. The Balaban J connectivity index is 3.17. The molecule has 1 rings (SSSR count). The van der Waals surface area contributed by atoms with E-state index >= 15 is 0 Å². The van der Waals surface area contributed by atoms with Crippen LogP contribution in [0, 0.1) is 0 Å². The highest BCUT2D eigenvalue weighted by Crippen LogP contribution is 2.28. The van der Waals surface area contributed by atoms with Crippen molar-refractivity contribution in [1.82, 2.24) is 5.32 Å². The zero-order chi connectivity index (χ0) is 12.1. The van der Waals surface area contributed by atoms with E-state index in [1.807, 2.05) is 12.1 Å². The third-order valence-corrected chi connectivity index (χ3v) is 2.72. The van der Waals surface area contributed by atoms with E-state index in [0.29, 0.717) is 5.75 Å². The van der Waals surface area contributed by atoms with Gasteiger partial charge >= 0.3 is 5.97 Å². The Morgan fingerprint density at radius 3 is 2.62 bits per heavy atom. The summed E-state index contributed by atoms with van der Waals surface area (Å²) in [4.78, 5) is 11.6. The first kappa shape index (κ1) is 13.0. The Morgan fingerprint density at radius 2 is 2.12 bits per heavy atom. The molecular weight excluding hydrogens is 274 g/mol. The molecular formula is C11H14BrNO3. The van der Waals surface area contributed by atoms with Crippen molar-refractivity contribution < 1.29 is 14.3 Å². The number of hydrogen-bond acceptors (Lipinski definition) is 4. The smallest absolute Gasteiger partial charge is 0.327 e. The summed E-state index contributed by atoms with van der Waals surface area (Å²) in [5.74, 6) is 0.298. The number of benzene rings is 1. The normalized spacial score (nSPS) is 12.0. The van der Waals surface area contributed by atoms with Gasteiger partial charge < -0.3 is 14.8 Å². The van der Waals surface area contributed by atoms with E-state index in [1.54, 1.807) is 20.2 Å². The van der Waals surface area contributed by atoms with Crippen molar-refractivity contribution in [1.29, 1.82) is 0 Å². The van der Waals surface area contributed by atoms with E-state index in [0.717, 1.165) is 10.0 Å². The molecule has 0 amide bonds. The summed E-state index contributed by atoms with van der Waals surface area (Å²) in [7, 11) is 4.62. The number of esters is 1. The first-order valence-electron chi connectivity index (χ1n) is 4.72. The molecule has 0 radical (unpaired) electrons. The van der Waals surface area contributed by atoms with Crippen LogP contribution in [0.3, 0.4) is 0 Å². The number of methoxy groups -OCH3 is 2. The summed E-state index contributed by atoms with van der Waals surface area (Å²) in [6.07, 6.45) is 0. The van der Waals surface area contributed by atoms with E-state index in [-0.39, 0.29) is 5.97 Å². The van der Waals surface area contributed by atoms with Crippen molar-refractivity contribution in [2.45, 2.75) is 6.04 Å². The van der Waals surface area contributed by atoms with Crippen LogP contribution in [-0.2, 0) is 9.53 Å². The van der Waals surface area contributed by atoms with Crippen LogP contribution in [-0.4, -0.2) is 27.2 Å². The third kappa shape index (κ3) is 2.74. The summed E-state index contributed by atoms with van der Waals surface area (Å²) >= 11 is 3.36. The average Bonchev–Trinajstić information content (AvgIpc) is 2.30. The van der Waals surface area contributed by atoms with Crippen LogP contribution in [0.2, 0.25) is 0 Å². The maximum Gasteiger partial charge on any atom is 0.327 e. The fourth-order valence-electron chi connectivity index (χ4n) is 1.45. The SMILES string of the molecule is CNC(C(=O)OC)c1cc(Br)ccc1OC. The van der Waals surface area contributed by atoms with Crippen LogP contribution in [0.15, 0.2) is 22.7 Å². The molecule has 0 aliphatic carbocycles. The van der Waals surface area contributed by atoms with Gasteiger partial charge in [-0.3, -0.25) is 0 Å². The van der Waals surface area contributed by atoms with Gasteiger partial charge in [0.1, 0.15) is 11.8 Å². The molecule has 4 nitrogen and oxygen atoms in total. The number of nitrogens with one attached hydrogen (secondary N) is 1. The van der Waals surface area contributed by atoms with Crippen molar-refractivity contribution >= 4 is 21.9 Å². The number of ether oxygens (including phenoxy) is 2. The Hall–Kier alpha value is -1.07. The number of likely N-dealkylation sites (N-methyl/N-ethyl adjacent to an activating group) is 1. The van der Waals surface area contributed by atoms with E-state index < -0.39 is 6.04 Å². The average molecular weight is 288 g/mol. The van der Waals surface area contributed by atoms with E-state index in [2.05, 4.69) is 21.2 Å². The van der Waals surface area contributed by atoms with E-state index in [1.165, 1.54) is 7.11 Å². The first-order chi connectivity index (χ1) is 7.63. The molecule has 1 aromatic rings. The first-order valence-corrected chi connectivity index (χ1v) is 5.51. The van der Waals surface area contributed by atoms with Crippen LogP contribution >= 0.6 is 15.9 Å². The molecule has 5 heteroatoms. The minimum atomic E-state index is -0.530. The number of carbonyl (C=O) groups is 1. The molecule has 0 saturated heterocycles. The lowest BCUT2D eigenvalue weighted by Gasteiger charge is -2.17. The fourth-order valence-corrected chi connectivity index (χ4v) is 1.83. The van der Waals surface area contributed by atoms with Gasteiger partial charge in [-0.1, -0.05) is 15.9 Å². The topological polar surface area (TPSA) is 47.6 Å². The van der Waals surface area contributed by atoms with Crippen LogP contribution < -0.4 is 10.1 Å². The highest BCUT2D eigenvalue weighted by molar-refractivity contribution is 9.10. The lowest BCUT2D eigenvalue weighted by molar-refractivity contribution is -0.143. The van der Waals surface area contributed by atoms with Crippen LogP contribution in [0.1, 0.15) is 11.6 Å². The minimum Gasteiger partial charge on any atom is -0.496 e. The molecule has 0 spiro atoms. The molecule has 0 saturated carbocycles. The molecule has 0 aromatic heterocycles. The van der Waals surface area contributed by atoms with E-state index in [4.69, 9.17) is 9.47 Å². The van der Waals surface area contributed by atoms with Gasteiger partial charge in [-0.2, -0.15) is 0 Å². The Morgan fingerprint density at radius 1 is 1.44 bits per heavy atom. The van der Waals surface area contributed by atoms with Gasteiger partial charge in [0.15, 0.2) is 0 Å². The van der Waals surface area contributed by atoms with Crippen molar-refractivity contribution in [3.63, 3.8) is 0 Å². The number of rotatable bonds is 4. The van der Waals surface area contributed by atoms with Gasteiger partial charge in [0.25, 0.3) is 0 Å². The van der Waals surface area contributed by atoms with Crippen molar-refractivity contribution in [3.05, 3.63) is 28.2 Å². The largest absolute Gasteiger partial charge is 0.496 e. The maximum absolute atomic E-state index is 11.6. The zero-order valence-electron chi connectivity index (χ0n) is 9.41. The summed E-state index contributed by atoms with van der Waals surface area (Å²) in [5.41, 5.74) is 0.742.